The summed E-state index contributed by atoms with van der Waals surface area (Å²) in [6.45, 7) is 5.26. The largest absolute Gasteiger partial charge is 0.348 e. The second kappa shape index (κ2) is 5.27. The molecule has 0 aromatic carbocycles. The van der Waals surface area contributed by atoms with Crippen LogP contribution in [0.4, 0.5) is 0 Å². The van der Waals surface area contributed by atoms with Gasteiger partial charge < -0.3 is 10.3 Å². The molecule has 2 N–H and O–H groups in total. The maximum atomic E-state index is 4.21. The Morgan fingerprint density at radius 3 is 2.94 bits per heavy atom. The molecule has 4 heteroatoms. The average molecular weight is 235 g/mol. The normalized spacial score (nSPS) is 13.2. The van der Waals surface area contributed by atoms with Crippen LogP contribution in [0.2, 0.25) is 0 Å². The summed E-state index contributed by atoms with van der Waals surface area (Å²) < 4.78 is 0. The van der Waals surface area contributed by atoms with Crippen LogP contribution in [-0.4, -0.2) is 9.97 Å². The zero-order valence-corrected chi connectivity index (χ0v) is 10.4. The van der Waals surface area contributed by atoms with Gasteiger partial charge in [-0.05, 0) is 17.4 Å². The number of imidazole rings is 1. The second-order valence-corrected chi connectivity index (χ2v) is 5.13. The fraction of sp³-hybridized carbons (Fsp3) is 0.417. The maximum Gasteiger partial charge on any atom is 0.120 e. The van der Waals surface area contributed by atoms with Crippen LogP contribution >= 0.6 is 11.3 Å². The number of nitrogens with one attached hydrogen (secondary N) is 2. The molecule has 86 valence electrons. The Morgan fingerprint density at radius 2 is 2.38 bits per heavy atom. The number of hydrogen-bond acceptors (Lipinski definition) is 3. The van der Waals surface area contributed by atoms with Gasteiger partial charge in [0, 0.05) is 23.3 Å². The third kappa shape index (κ3) is 2.71. The lowest BCUT2D eigenvalue weighted by Gasteiger charge is -2.20. The fourth-order valence-electron chi connectivity index (χ4n) is 1.73. The van der Waals surface area contributed by atoms with E-state index in [1.807, 2.05) is 6.20 Å². The number of rotatable bonds is 5. The second-order valence-electron chi connectivity index (χ2n) is 4.15. The zero-order chi connectivity index (χ0) is 11.4. The van der Waals surface area contributed by atoms with Gasteiger partial charge in [0.1, 0.15) is 5.82 Å². The Hall–Kier alpha value is -1.13. The Bertz CT molecular complexity index is 392. The van der Waals surface area contributed by atoms with Crippen molar-refractivity contribution in [3.05, 3.63) is 40.6 Å². The van der Waals surface area contributed by atoms with Crippen LogP contribution in [0.25, 0.3) is 0 Å². The molecule has 0 aliphatic rings. The first-order chi connectivity index (χ1) is 7.77. The van der Waals surface area contributed by atoms with Gasteiger partial charge in [-0.2, -0.15) is 0 Å². The summed E-state index contributed by atoms with van der Waals surface area (Å²) in [5, 5.41) is 5.66. The summed E-state index contributed by atoms with van der Waals surface area (Å²) >= 11 is 1.80. The molecule has 0 radical (unpaired) electrons. The van der Waals surface area contributed by atoms with E-state index >= 15 is 0 Å². The molecule has 3 nitrogen and oxygen atoms in total. The van der Waals surface area contributed by atoms with E-state index < -0.39 is 0 Å². The van der Waals surface area contributed by atoms with Gasteiger partial charge in [-0.1, -0.05) is 19.9 Å². The minimum atomic E-state index is 0.408. The maximum absolute atomic E-state index is 4.21. The average Bonchev–Trinajstić information content (AvgIpc) is 2.88. The van der Waals surface area contributed by atoms with E-state index in [4.69, 9.17) is 0 Å². The molecular weight excluding hydrogens is 218 g/mol. The molecule has 1 atom stereocenters. The molecule has 0 amide bonds. The van der Waals surface area contributed by atoms with Gasteiger partial charge in [-0.25, -0.2) is 4.98 Å². The third-order valence-electron chi connectivity index (χ3n) is 2.56. The van der Waals surface area contributed by atoms with E-state index in [-0.39, 0.29) is 0 Å². The molecule has 0 saturated carbocycles. The Balaban J connectivity index is 1.99. The van der Waals surface area contributed by atoms with Crippen molar-refractivity contribution in [2.45, 2.75) is 26.4 Å². The molecule has 0 bridgehead atoms. The first-order valence-electron chi connectivity index (χ1n) is 5.52. The lowest BCUT2D eigenvalue weighted by Crippen LogP contribution is -2.25. The predicted octanol–water partition coefficient (Wildman–Crippen LogP) is 2.96. The first kappa shape index (κ1) is 11.4. The standard InChI is InChI=1S/C12H17N3S/c1-9(2)12(10-4-3-7-16-10)15-8-11-13-5-6-14-11/h3-7,9,12,15H,8H2,1-2H3,(H,13,14). The van der Waals surface area contributed by atoms with Crippen molar-refractivity contribution in [2.24, 2.45) is 5.92 Å². The summed E-state index contributed by atoms with van der Waals surface area (Å²) in [5.74, 6) is 1.57. The van der Waals surface area contributed by atoms with Crippen LogP contribution in [0.5, 0.6) is 0 Å². The quantitative estimate of drug-likeness (QED) is 0.836. The SMILES string of the molecule is CC(C)C(NCc1ncc[nH]1)c1cccs1. The summed E-state index contributed by atoms with van der Waals surface area (Å²) in [5.41, 5.74) is 0. The fourth-order valence-corrected chi connectivity index (χ4v) is 2.71. The van der Waals surface area contributed by atoms with Crippen molar-refractivity contribution >= 4 is 11.3 Å². The molecule has 0 saturated heterocycles. The molecule has 1 unspecified atom stereocenters. The van der Waals surface area contributed by atoms with Crippen LogP contribution in [0.15, 0.2) is 29.9 Å². The smallest absolute Gasteiger partial charge is 0.120 e. The minimum absolute atomic E-state index is 0.408. The number of aromatic amines is 1. The summed E-state index contributed by atoms with van der Waals surface area (Å²) in [6, 6.07) is 4.69. The Labute approximate surface area is 99.9 Å². The van der Waals surface area contributed by atoms with Crippen molar-refractivity contribution in [1.82, 2.24) is 15.3 Å². The summed E-state index contributed by atoms with van der Waals surface area (Å²) in [7, 11) is 0. The number of hydrogen-bond donors (Lipinski definition) is 2. The van der Waals surface area contributed by atoms with E-state index in [1.165, 1.54) is 4.88 Å². The number of aromatic nitrogens is 2. The van der Waals surface area contributed by atoms with E-state index in [0.29, 0.717) is 12.0 Å². The number of thiophene rings is 1. The molecule has 0 aliphatic carbocycles. The molecule has 16 heavy (non-hydrogen) atoms. The molecule has 0 aliphatic heterocycles. The van der Waals surface area contributed by atoms with Gasteiger partial charge in [0.15, 0.2) is 0 Å². The zero-order valence-electron chi connectivity index (χ0n) is 9.60. The molecule has 2 aromatic heterocycles. The van der Waals surface area contributed by atoms with Gasteiger partial charge >= 0.3 is 0 Å². The van der Waals surface area contributed by atoms with Crippen molar-refractivity contribution in [1.29, 1.82) is 0 Å². The summed E-state index contributed by atoms with van der Waals surface area (Å²) in [4.78, 5) is 8.71. The van der Waals surface area contributed by atoms with E-state index in [9.17, 15) is 0 Å². The van der Waals surface area contributed by atoms with Crippen molar-refractivity contribution in [3.63, 3.8) is 0 Å². The highest BCUT2D eigenvalue weighted by atomic mass is 32.1. The van der Waals surface area contributed by atoms with Gasteiger partial charge in [-0.15, -0.1) is 11.3 Å². The monoisotopic (exact) mass is 235 g/mol. The van der Waals surface area contributed by atoms with Gasteiger partial charge in [-0.3, -0.25) is 0 Å². The number of H-pyrrole nitrogens is 1. The molecule has 2 heterocycles. The van der Waals surface area contributed by atoms with Crippen LogP contribution in [0, 0.1) is 5.92 Å². The minimum Gasteiger partial charge on any atom is -0.348 e. The van der Waals surface area contributed by atoms with E-state index in [0.717, 1.165) is 12.4 Å². The lowest BCUT2D eigenvalue weighted by atomic mass is 10.0. The number of nitrogens with zero attached hydrogens (tertiary/aromatic N) is 1. The molecule has 0 fully saturated rings. The van der Waals surface area contributed by atoms with E-state index in [1.54, 1.807) is 17.5 Å². The van der Waals surface area contributed by atoms with Crippen molar-refractivity contribution < 1.29 is 0 Å². The highest BCUT2D eigenvalue weighted by Gasteiger charge is 2.16. The first-order valence-corrected chi connectivity index (χ1v) is 6.40. The molecule has 2 rings (SSSR count). The summed E-state index contributed by atoms with van der Waals surface area (Å²) in [6.07, 6.45) is 3.64. The molecule has 0 spiro atoms. The topological polar surface area (TPSA) is 40.7 Å². The van der Waals surface area contributed by atoms with Gasteiger partial charge in [0.05, 0.1) is 6.54 Å². The molecular formula is C12H17N3S. The van der Waals surface area contributed by atoms with Crippen LogP contribution in [0.1, 0.15) is 30.6 Å². The third-order valence-corrected chi connectivity index (χ3v) is 3.52. The predicted molar refractivity (Wildman–Crippen MR) is 67.3 cm³/mol. The van der Waals surface area contributed by atoms with Crippen LogP contribution in [0.3, 0.4) is 0 Å². The Kier molecular flexibility index (Phi) is 3.74. The van der Waals surface area contributed by atoms with Crippen LogP contribution < -0.4 is 5.32 Å². The Morgan fingerprint density at radius 1 is 1.50 bits per heavy atom. The highest BCUT2D eigenvalue weighted by Crippen LogP contribution is 2.25. The molecule has 2 aromatic rings. The highest BCUT2D eigenvalue weighted by molar-refractivity contribution is 7.10. The van der Waals surface area contributed by atoms with Gasteiger partial charge in [0.2, 0.25) is 0 Å². The van der Waals surface area contributed by atoms with E-state index in [2.05, 4.69) is 46.6 Å². The van der Waals surface area contributed by atoms with Crippen molar-refractivity contribution in [3.8, 4) is 0 Å². The van der Waals surface area contributed by atoms with Crippen LogP contribution in [-0.2, 0) is 6.54 Å². The van der Waals surface area contributed by atoms with Crippen molar-refractivity contribution in [2.75, 3.05) is 0 Å². The van der Waals surface area contributed by atoms with Gasteiger partial charge in [0.25, 0.3) is 0 Å². The lowest BCUT2D eigenvalue weighted by molar-refractivity contribution is 0.412.